The summed E-state index contributed by atoms with van der Waals surface area (Å²) in [7, 11) is 0. The van der Waals surface area contributed by atoms with Crippen molar-refractivity contribution in [3.05, 3.63) is 52.7 Å². The Kier molecular flexibility index (Phi) is 8.36. The second-order valence-corrected chi connectivity index (χ2v) is 13.6. The van der Waals surface area contributed by atoms with Crippen molar-refractivity contribution in [2.45, 2.75) is 72.0 Å². The fourth-order valence-electron chi connectivity index (χ4n) is 4.92. The van der Waals surface area contributed by atoms with Crippen molar-refractivity contribution in [1.29, 1.82) is 0 Å². The number of hydrogen-bond acceptors (Lipinski definition) is 9. The van der Waals surface area contributed by atoms with E-state index < -0.39 is 46.7 Å². The predicted octanol–water partition coefficient (Wildman–Crippen LogP) is 6.96. The number of ether oxygens (including phenoxy) is 2. The molecule has 2 aliphatic rings. The summed E-state index contributed by atoms with van der Waals surface area (Å²) in [6.45, 7) is 11.5. The summed E-state index contributed by atoms with van der Waals surface area (Å²) >= 11 is 1.05. The molecule has 2 aliphatic heterocycles. The SMILES string of the molecule is CC(C)(C)OC(=O)N(C(=O)OC(C)(C)C)c1cc(N2CCc3nc(-c4ccc(N5CCCC5)nc4F)sc3C2=O)ccc1F. The third-order valence-electron chi connectivity index (χ3n) is 6.84. The summed E-state index contributed by atoms with van der Waals surface area (Å²) in [5, 5.41) is 0.337. The fraction of sp³-hybridized carbons (Fsp3) is 0.452. The lowest BCUT2D eigenvalue weighted by atomic mass is 10.1. The number of benzene rings is 1. The number of halogens is 2. The molecule has 234 valence electrons. The smallest absolute Gasteiger partial charge is 0.424 e. The zero-order valence-corrected chi connectivity index (χ0v) is 26.4. The Labute approximate surface area is 258 Å². The molecular weight excluding hydrogens is 592 g/mol. The molecule has 0 N–H and O–H groups in total. The minimum absolute atomic E-state index is 0.188. The van der Waals surface area contributed by atoms with Crippen LogP contribution in [-0.2, 0) is 15.9 Å². The molecule has 5 rings (SSSR count). The Balaban J connectivity index is 1.44. The summed E-state index contributed by atoms with van der Waals surface area (Å²) in [5.41, 5.74) is -1.43. The lowest BCUT2D eigenvalue weighted by Gasteiger charge is -2.30. The van der Waals surface area contributed by atoms with Crippen molar-refractivity contribution in [2.24, 2.45) is 0 Å². The van der Waals surface area contributed by atoms with Gasteiger partial charge in [0.2, 0.25) is 5.95 Å². The number of amides is 3. The van der Waals surface area contributed by atoms with Crippen LogP contribution in [-0.4, -0.2) is 58.9 Å². The molecule has 0 saturated carbocycles. The van der Waals surface area contributed by atoms with Crippen LogP contribution in [0.3, 0.4) is 0 Å². The number of carbonyl (C=O) groups is 3. The molecule has 0 unspecified atom stereocenters. The van der Waals surface area contributed by atoms with Crippen molar-refractivity contribution in [2.75, 3.05) is 34.3 Å². The number of nitrogens with zero attached hydrogens (tertiary/aromatic N) is 5. The lowest BCUT2D eigenvalue weighted by molar-refractivity contribution is 0.0428. The number of pyridine rings is 1. The average Bonchev–Trinajstić information content (AvgIpc) is 3.59. The number of carbonyl (C=O) groups excluding carboxylic acids is 3. The van der Waals surface area contributed by atoms with Crippen LogP contribution in [0, 0.1) is 11.8 Å². The largest absolute Gasteiger partial charge is 0.443 e. The van der Waals surface area contributed by atoms with E-state index in [1.54, 1.807) is 53.7 Å². The first-order valence-corrected chi connectivity index (χ1v) is 15.2. The van der Waals surface area contributed by atoms with Crippen molar-refractivity contribution in [3.8, 4) is 10.6 Å². The highest BCUT2D eigenvalue weighted by Gasteiger charge is 2.36. The van der Waals surface area contributed by atoms with E-state index in [9.17, 15) is 14.4 Å². The molecule has 0 spiro atoms. The van der Waals surface area contributed by atoms with Crippen molar-refractivity contribution >= 4 is 46.6 Å². The first-order valence-electron chi connectivity index (χ1n) is 14.4. The van der Waals surface area contributed by atoms with Crippen LogP contribution in [0.15, 0.2) is 30.3 Å². The highest BCUT2D eigenvalue weighted by atomic mass is 32.1. The molecule has 3 aromatic rings. The van der Waals surface area contributed by atoms with Gasteiger partial charge in [0.25, 0.3) is 5.91 Å². The summed E-state index contributed by atoms with van der Waals surface area (Å²) in [6, 6.07) is 7.08. The Bertz CT molecular complexity index is 1580. The summed E-state index contributed by atoms with van der Waals surface area (Å²) in [6.07, 6.45) is 0.173. The zero-order valence-electron chi connectivity index (χ0n) is 25.6. The maximum absolute atomic E-state index is 15.3. The molecule has 3 amide bonds. The monoisotopic (exact) mass is 627 g/mol. The van der Waals surface area contributed by atoms with Crippen LogP contribution in [0.25, 0.3) is 10.6 Å². The van der Waals surface area contributed by atoms with Crippen LogP contribution < -0.4 is 14.7 Å². The third-order valence-corrected chi connectivity index (χ3v) is 7.96. The molecular formula is C31H35F2N5O5S. The minimum Gasteiger partial charge on any atom is -0.443 e. The maximum Gasteiger partial charge on any atom is 0.424 e. The normalized spacial score (nSPS) is 15.3. The van der Waals surface area contributed by atoms with Gasteiger partial charge in [-0.2, -0.15) is 9.29 Å². The third kappa shape index (κ3) is 6.67. The number of aromatic nitrogens is 2. The van der Waals surface area contributed by atoms with Gasteiger partial charge >= 0.3 is 12.2 Å². The van der Waals surface area contributed by atoms with E-state index in [1.165, 1.54) is 17.0 Å². The molecule has 4 heterocycles. The van der Waals surface area contributed by atoms with Crippen LogP contribution in [0.1, 0.15) is 69.7 Å². The van der Waals surface area contributed by atoms with E-state index in [4.69, 9.17) is 9.47 Å². The molecule has 1 fully saturated rings. The fourth-order valence-corrected chi connectivity index (χ4v) is 6.00. The van der Waals surface area contributed by atoms with E-state index in [-0.39, 0.29) is 17.8 Å². The predicted molar refractivity (Wildman–Crippen MR) is 163 cm³/mol. The molecule has 1 aromatic carbocycles. The number of rotatable bonds is 4. The van der Waals surface area contributed by atoms with Crippen molar-refractivity contribution in [3.63, 3.8) is 0 Å². The Morgan fingerprint density at radius 2 is 1.55 bits per heavy atom. The van der Waals surface area contributed by atoms with Gasteiger partial charge in [-0.15, -0.1) is 11.3 Å². The maximum atomic E-state index is 15.3. The summed E-state index contributed by atoms with van der Waals surface area (Å²) < 4.78 is 41.1. The molecule has 0 radical (unpaired) electrons. The molecule has 2 aromatic heterocycles. The molecule has 1 saturated heterocycles. The highest BCUT2D eigenvalue weighted by Crippen LogP contribution is 2.36. The van der Waals surface area contributed by atoms with Crippen LogP contribution in [0.2, 0.25) is 0 Å². The quantitative estimate of drug-likeness (QED) is 0.286. The van der Waals surface area contributed by atoms with E-state index in [0.29, 0.717) is 32.7 Å². The highest BCUT2D eigenvalue weighted by molar-refractivity contribution is 7.17. The summed E-state index contributed by atoms with van der Waals surface area (Å²) in [4.78, 5) is 52.9. The van der Waals surface area contributed by atoms with Gasteiger partial charge in [0.1, 0.15) is 32.7 Å². The van der Waals surface area contributed by atoms with Gasteiger partial charge in [-0.05, 0) is 84.7 Å². The van der Waals surface area contributed by atoms with E-state index in [0.717, 1.165) is 43.3 Å². The number of hydrogen-bond donors (Lipinski definition) is 0. The van der Waals surface area contributed by atoms with E-state index >= 15 is 8.78 Å². The number of fused-ring (bicyclic) bond motifs is 1. The summed E-state index contributed by atoms with van der Waals surface area (Å²) in [5.74, 6) is -1.39. The van der Waals surface area contributed by atoms with Crippen molar-refractivity contribution < 1.29 is 32.6 Å². The van der Waals surface area contributed by atoms with Crippen LogP contribution in [0.4, 0.5) is 35.6 Å². The number of thiazole rings is 1. The minimum atomic E-state index is -1.13. The van der Waals surface area contributed by atoms with Crippen LogP contribution in [0.5, 0.6) is 0 Å². The van der Waals surface area contributed by atoms with Gasteiger partial charge in [-0.1, -0.05) is 0 Å². The number of imide groups is 1. The first-order chi connectivity index (χ1) is 20.6. The standard InChI is InChI=1S/C31H35F2N5O5S/c1-30(2,3)42-28(40)38(29(41)43-31(4,5)6)22-17-18(9-11-20(22)32)37-16-13-21-24(27(37)39)44-26(34-21)19-10-12-23(35-25(19)33)36-14-7-8-15-36/h9-12,17H,7-8,13-16H2,1-6H3. The Morgan fingerprint density at radius 1 is 0.909 bits per heavy atom. The zero-order chi connectivity index (χ0) is 32.0. The number of anilines is 3. The second-order valence-electron chi connectivity index (χ2n) is 12.6. The molecule has 0 aliphatic carbocycles. The molecule has 13 heteroatoms. The van der Waals surface area contributed by atoms with Gasteiger partial charge in [0.15, 0.2) is 0 Å². The van der Waals surface area contributed by atoms with Crippen molar-refractivity contribution in [1.82, 2.24) is 9.97 Å². The van der Waals surface area contributed by atoms with E-state index in [1.807, 2.05) is 4.90 Å². The second kappa shape index (κ2) is 11.8. The Morgan fingerprint density at radius 3 is 2.14 bits per heavy atom. The molecule has 0 bridgehead atoms. The van der Waals surface area contributed by atoms with Gasteiger partial charge in [0, 0.05) is 31.7 Å². The Hall–Kier alpha value is -4.13. The van der Waals surface area contributed by atoms with E-state index in [2.05, 4.69) is 9.97 Å². The average molecular weight is 628 g/mol. The van der Waals surface area contributed by atoms with Crippen LogP contribution >= 0.6 is 11.3 Å². The molecule has 0 atom stereocenters. The first kappa shape index (κ1) is 31.3. The van der Waals surface area contributed by atoms with Gasteiger partial charge in [0.05, 0.1) is 16.9 Å². The topological polar surface area (TPSA) is 105 Å². The van der Waals surface area contributed by atoms with Gasteiger partial charge in [-0.3, -0.25) is 4.79 Å². The molecule has 44 heavy (non-hydrogen) atoms. The lowest BCUT2D eigenvalue weighted by Crippen LogP contribution is -2.44. The molecule has 10 nitrogen and oxygen atoms in total. The van der Waals surface area contributed by atoms with Gasteiger partial charge in [-0.25, -0.2) is 23.9 Å². The van der Waals surface area contributed by atoms with Gasteiger partial charge < -0.3 is 19.3 Å².